The van der Waals surface area contributed by atoms with Crippen LogP contribution in [0.5, 0.6) is 0 Å². The Morgan fingerprint density at radius 2 is 1.75 bits per heavy atom. The summed E-state index contributed by atoms with van der Waals surface area (Å²) in [6.07, 6.45) is 0. The van der Waals surface area contributed by atoms with Gasteiger partial charge in [-0.3, -0.25) is 19.7 Å². The highest BCUT2D eigenvalue weighted by Crippen LogP contribution is 2.16. The number of anilines is 1. The number of fused-ring (bicyclic) bond motifs is 1. The number of aromatic nitrogens is 2. The van der Waals surface area contributed by atoms with E-state index in [0.29, 0.717) is 22.4 Å². The number of para-hydroxylation sites is 2. The van der Waals surface area contributed by atoms with E-state index in [2.05, 4.69) is 5.32 Å². The topological polar surface area (TPSA) is 93.0 Å². The summed E-state index contributed by atoms with van der Waals surface area (Å²) in [7, 11) is 1.75. The first-order chi connectivity index (χ1) is 13.5. The van der Waals surface area contributed by atoms with Crippen LogP contribution in [0.4, 0.5) is 5.69 Å². The van der Waals surface area contributed by atoms with Gasteiger partial charge in [0.15, 0.2) is 0 Å². The smallest absolute Gasteiger partial charge is 0.295 e. The van der Waals surface area contributed by atoms with E-state index < -0.39 is 5.91 Å². The molecule has 2 aromatic carbocycles. The average Bonchev–Trinajstić information content (AvgIpc) is 2.91. The van der Waals surface area contributed by atoms with E-state index >= 15 is 0 Å². The van der Waals surface area contributed by atoms with Crippen molar-refractivity contribution in [3.63, 3.8) is 0 Å². The SMILES string of the molecule is Cc1c(NC(=O)c2cc3ccccc3oc2=N)c(=O)n(-c2ccccc2)n1C. The molecule has 2 heterocycles. The maximum Gasteiger partial charge on any atom is 0.295 e. The zero-order valence-electron chi connectivity index (χ0n) is 15.4. The minimum atomic E-state index is -0.564. The highest BCUT2D eigenvalue weighted by atomic mass is 16.3. The molecule has 7 nitrogen and oxygen atoms in total. The summed E-state index contributed by atoms with van der Waals surface area (Å²) < 4.78 is 8.59. The molecule has 4 rings (SSSR count). The molecule has 0 aliphatic rings. The van der Waals surface area contributed by atoms with Crippen molar-refractivity contribution in [1.29, 1.82) is 5.41 Å². The summed E-state index contributed by atoms with van der Waals surface area (Å²) in [4.78, 5) is 25.7. The van der Waals surface area contributed by atoms with Gasteiger partial charge in [0.25, 0.3) is 11.5 Å². The number of nitrogens with one attached hydrogen (secondary N) is 2. The van der Waals surface area contributed by atoms with Crippen molar-refractivity contribution in [1.82, 2.24) is 9.36 Å². The molecule has 2 N–H and O–H groups in total. The molecule has 0 bridgehead atoms. The van der Waals surface area contributed by atoms with Gasteiger partial charge in [-0.05, 0) is 31.2 Å². The molecule has 1 amide bonds. The Kier molecular flexibility index (Phi) is 4.19. The molecule has 140 valence electrons. The second kappa shape index (κ2) is 6.70. The monoisotopic (exact) mass is 374 g/mol. The van der Waals surface area contributed by atoms with E-state index in [4.69, 9.17) is 9.83 Å². The molecule has 0 spiro atoms. The number of rotatable bonds is 3. The number of benzene rings is 2. The summed E-state index contributed by atoms with van der Waals surface area (Å²) in [6.45, 7) is 1.75. The molecular formula is C21H18N4O3. The molecule has 0 saturated carbocycles. The van der Waals surface area contributed by atoms with Crippen molar-refractivity contribution < 1.29 is 9.21 Å². The fraction of sp³-hybridized carbons (Fsp3) is 0.0952. The third kappa shape index (κ3) is 2.83. The van der Waals surface area contributed by atoms with E-state index in [-0.39, 0.29) is 22.4 Å². The second-order valence-electron chi connectivity index (χ2n) is 6.42. The van der Waals surface area contributed by atoms with Crippen LogP contribution in [0, 0.1) is 12.3 Å². The van der Waals surface area contributed by atoms with Crippen molar-refractivity contribution in [2.24, 2.45) is 7.05 Å². The van der Waals surface area contributed by atoms with Crippen LogP contribution in [0.3, 0.4) is 0 Å². The lowest BCUT2D eigenvalue weighted by Crippen LogP contribution is -2.25. The van der Waals surface area contributed by atoms with Crippen LogP contribution in [0.15, 0.2) is 69.9 Å². The predicted octanol–water partition coefficient (Wildman–Crippen LogP) is 2.96. The van der Waals surface area contributed by atoms with Gasteiger partial charge in [-0.1, -0.05) is 36.4 Å². The predicted molar refractivity (Wildman–Crippen MR) is 106 cm³/mol. The minimum absolute atomic E-state index is 0.0626. The van der Waals surface area contributed by atoms with Gasteiger partial charge in [-0.2, -0.15) is 0 Å². The Balaban J connectivity index is 1.76. The zero-order valence-corrected chi connectivity index (χ0v) is 15.4. The van der Waals surface area contributed by atoms with Gasteiger partial charge in [0.05, 0.1) is 11.4 Å². The Bertz CT molecular complexity index is 1310. The zero-order chi connectivity index (χ0) is 19.8. The maximum atomic E-state index is 12.9. The number of carbonyl (C=O) groups excluding carboxylic acids is 1. The molecule has 28 heavy (non-hydrogen) atoms. The molecule has 0 unspecified atom stereocenters. The highest BCUT2D eigenvalue weighted by Gasteiger charge is 2.20. The lowest BCUT2D eigenvalue weighted by atomic mass is 10.1. The summed E-state index contributed by atoms with van der Waals surface area (Å²) >= 11 is 0. The molecule has 0 saturated heterocycles. The van der Waals surface area contributed by atoms with E-state index in [1.807, 2.05) is 36.4 Å². The van der Waals surface area contributed by atoms with Gasteiger partial charge in [0.2, 0.25) is 5.55 Å². The van der Waals surface area contributed by atoms with Gasteiger partial charge < -0.3 is 9.73 Å². The molecule has 7 heteroatoms. The Morgan fingerprint density at radius 1 is 1.07 bits per heavy atom. The Morgan fingerprint density at radius 3 is 2.50 bits per heavy atom. The molecule has 0 atom stereocenters. The molecule has 0 fully saturated rings. The lowest BCUT2D eigenvalue weighted by Gasteiger charge is -2.07. The quantitative estimate of drug-likeness (QED) is 0.577. The van der Waals surface area contributed by atoms with E-state index in [0.717, 1.165) is 0 Å². The maximum absolute atomic E-state index is 12.9. The van der Waals surface area contributed by atoms with Gasteiger partial charge in [0.1, 0.15) is 16.8 Å². The number of hydrogen-bond acceptors (Lipinski definition) is 4. The van der Waals surface area contributed by atoms with Crippen molar-refractivity contribution in [3.8, 4) is 5.69 Å². The number of hydrogen-bond donors (Lipinski definition) is 2. The third-order valence-electron chi connectivity index (χ3n) is 4.71. The normalized spacial score (nSPS) is 10.9. The van der Waals surface area contributed by atoms with Crippen molar-refractivity contribution >= 4 is 22.6 Å². The second-order valence-corrected chi connectivity index (χ2v) is 6.42. The fourth-order valence-corrected chi connectivity index (χ4v) is 3.14. The van der Waals surface area contributed by atoms with Crippen LogP contribution in [-0.2, 0) is 7.05 Å². The minimum Gasteiger partial charge on any atom is -0.438 e. The van der Waals surface area contributed by atoms with Gasteiger partial charge in [-0.25, -0.2) is 4.68 Å². The van der Waals surface area contributed by atoms with Crippen LogP contribution in [-0.4, -0.2) is 15.3 Å². The molecule has 0 aliphatic heterocycles. The molecule has 0 aliphatic carbocycles. The van der Waals surface area contributed by atoms with Crippen LogP contribution >= 0.6 is 0 Å². The molecular weight excluding hydrogens is 356 g/mol. The van der Waals surface area contributed by atoms with E-state index in [1.54, 1.807) is 42.9 Å². The number of nitrogens with zero attached hydrogens (tertiary/aromatic N) is 2. The first kappa shape index (κ1) is 17.5. The molecule has 2 aromatic heterocycles. The van der Waals surface area contributed by atoms with Gasteiger partial charge >= 0.3 is 0 Å². The number of carbonyl (C=O) groups is 1. The number of amides is 1. The molecule has 0 radical (unpaired) electrons. The summed E-state index contributed by atoms with van der Waals surface area (Å²) in [5.41, 5.74) is 1.45. The lowest BCUT2D eigenvalue weighted by molar-refractivity contribution is 0.102. The van der Waals surface area contributed by atoms with E-state index in [9.17, 15) is 9.59 Å². The van der Waals surface area contributed by atoms with Crippen LogP contribution < -0.4 is 16.4 Å². The Labute approximate surface area is 160 Å². The highest BCUT2D eigenvalue weighted by molar-refractivity contribution is 6.05. The summed E-state index contributed by atoms with van der Waals surface area (Å²) in [5, 5.41) is 11.4. The van der Waals surface area contributed by atoms with Gasteiger partial charge in [-0.15, -0.1) is 0 Å². The van der Waals surface area contributed by atoms with E-state index in [1.165, 1.54) is 4.68 Å². The van der Waals surface area contributed by atoms with Crippen LogP contribution in [0.2, 0.25) is 0 Å². The Hall–Kier alpha value is -3.87. The van der Waals surface area contributed by atoms with Crippen LogP contribution in [0.25, 0.3) is 16.7 Å². The average molecular weight is 374 g/mol. The first-order valence-electron chi connectivity index (χ1n) is 8.70. The van der Waals surface area contributed by atoms with Gasteiger partial charge in [0, 0.05) is 12.4 Å². The molecule has 4 aromatic rings. The largest absolute Gasteiger partial charge is 0.438 e. The van der Waals surface area contributed by atoms with Crippen molar-refractivity contribution in [2.75, 3.05) is 5.32 Å². The van der Waals surface area contributed by atoms with Crippen LogP contribution in [0.1, 0.15) is 16.1 Å². The first-order valence-corrected chi connectivity index (χ1v) is 8.70. The fourth-order valence-electron chi connectivity index (χ4n) is 3.14. The third-order valence-corrected chi connectivity index (χ3v) is 4.71. The summed E-state index contributed by atoms with van der Waals surface area (Å²) in [6, 6.07) is 17.9. The van der Waals surface area contributed by atoms with Crippen molar-refractivity contribution in [2.45, 2.75) is 6.92 Å². The summed E-state index contributed by atoms with van der Waals surface area (Å²) in [5.74, 6) is -0.564. The standard InChI is InChI=1S/C21H18N4O3/c1-13-18(21(27)25(24(13)2)15-9-4-3-5-10-15)23-20(26)16-12-14-8-6-7-11-17(14)28-19(16)22/h3-12,22H,1-2H3,(H,23,26). The van der Waals surface area contributed by atoms with Crippen molar-refractivity contribution in [3.05, 3.63) is 87.8 Å².